The lowest BCUT2D eigenvalue weighted by Crippen LogP contribution is -2.40. The van der Waals surface area contributed by atoms with Gasteiger partial charge in [-0.05, 0) is 48.7 Å². The van der Waals surface area contributed by atoms with Gasteiger partial charge in [-0.1, -0.05) is 24.0 Å². The summed E-state index contributed by atoms with van der Waals surface area (Å²) in [4.78, 5) is 24.0. The topological polar surface area (TPSA) is 69.7 Å². The van der Waals surface area contributed by atoms with Gasteiger partial charge in [0.2, 0.25) is 0 Å². The van der Waals surface area contributed by atoms with Crippen molar-refractivity contribution in [2.45, 2.75) is 20.5 Å². The van der Waals surface area contributed by atoms with Crippen molar-refractivity contribution >= 4 is 46.3 Å². The smallest absolute Gasteiger partial charge is 0.387 e. The van der Waals surface area contributed by atoms with E-state index in [0.717, 1.165) is 16.7 Å². The number of thiocarbonyl (C=S) groups is 1. The van der Waals surface area contributed by atoms with Crippen LogP contribution in [0.25, 0.3) is 6.08 Å². The number of benzene rings is 1. The molecule has 0 spiro atoms. The Labute approximate surface area is 146 Å². The number of halogens is 2. The number of hydrogen-bond donors (Lipinski definition) is 0. The SMILES string of the molecule is Cc1cc(/C=C2\SC(=S)N(CC(=O)[O-])C2=O)cc(C)c1OC(F)F. The molecule has 5 nitrogen and oxygen atoms in total. The third-order valence-electron chi connectivity index (χ3n) is 3.15. The van der Waals surface area contributed by atoms with Gasteiger partial charge in [0.05, 0.1) is 17.4 Å². The molecule has 2 rings (SSSR count). The highest BCUT2D eigenvalue weighted by molar-refractivity contribution is 8.26. The van der Waals surface area contributed by atoms with Crippen LogP contribution in [0.2, 0.25) is 0 Å². The number of carboxylic acids is 1. The number of thioether (sulfide) groups is 1. The molecular weight excluding hydrogens is 360 g/mol. The van der Waals surface area contributed by atoms with Crippen molar-refractivity contribution in [3.63, 3.8) is 0 Å². The molecule has 0 N–H and O–H groups in total. The highest BCUT2D eigenvalue weighted by atomic mass is 32.2. The fourth-order valence-electron chi connectivity index (χ4n) is 2.26. The molecule has 1 aromatic rings. The number of carbonyl (C=O) groups is 2. The summed E-state index contributed by atoms with van der Waals surface area (Å²) in [6.07, 6.45) is 1.53. The van der Waals surface area contributed by atoms with Crippen molar-refractivity contribution in [2.75, 3.05) is 6.54 Å². The summed E-state index contributed by atoms with van der Waals surface area (Å²) in [7, 11) is 0. The molecule has 0 radical (unpaired) electrons. The van der Waals surface area contributed by atoms with Crippen LogP contribution in [0.4, 0.5) is 8.78 Å². The first-order valence-electron chi connectivity index (χ1n) is 6.70. The molecule has 0 bridgehead atoms. The third kappa shape index (κ3) is 4.09. The van der Waals surface area contributed by atoms with Crippen LogP contribution in [0.1, 0.15) is 16.7 Å². The molecule has 0 aliphatic carbocycles. The molecule has 1 aliphatic rings. The minimum Gasteiger partial charge on any atom is -0.548 e. The molecule has 1 aromatic carbocycles. The van der Waals surface area contributed by atoms with Gasteiger partial charge < -0.3 is 14.6 Å². The predicted molar refractivity (Wildman–Crippen MR) is 87.4 cm³/mol. The maximum Gasteiger partial charge on any atom is 0.387 e. The predicted octanol–water partition coefficient (Wildman–Crippen LogP) is 1.86. The van der Waals surface area contributed by atoms with Crippen LogP contribution < -0.4 is 9.84 Å². The largest absolute Gasteiger partial charge is 0.548 e. The van der Waals surface area contributed by atoms with Crippen LogP contribution in [0.5, 0.6) is 5.75 Å². The molecular formula is C15H12F2NO4S2-. The standard InChI is InChI=1S/C15H13F2NO4S2/c1-7-3-9(4-8(2)12(7)22-14(16)17)5-10-13(21)18(6-11(19)20)15(23)24-10/h3-5,14H,6H2,1-2H3,(H,19,20)/p-1/b10-5-. The molecule has 1 amide bonds. The van der Waals surface area contributed by atoms with E-state index < -0.39 is 25.0 Å². The van der Waals surface area contributed by atoms with Gasteiger partial charge in [-0.25, -0.2) is 0 Å². The van der Waals surface area contributed by atoms with Crippen LogP contribution in [0, 0.1) is 13.8 Å². The lowest BCUT2D eigenvalue weighted by Gasteiger charge is -2.14. The molecule has 1 aliphatic heterocycles. The Morgan fingerprint density at radius 3 is 2.50 bits per heavy atom. The number of ether oxygens (including phenoxy) is 1. The molecule has 9 heteroatoms. The van der Waals surface area contributed by atoms with E-state index in [9.17, 15) is 23.5 Å². The fourth-order valence-corrected chi connectivity index (χ4v) is 3.51. The van der Waals surface area contributed by atoms with Gasteiger partial charge in [0.15, 0.2) is 0 Å². The Morgan fingerprint density at radius 1 is 1.42 bits per heavy atom. The van der Waals surface area contributed by atoms with E-state index in [1.807, 2.05) is 0 Å². The molecule has 24 heavy (non-hydrogen) atoms. The summed E-state index contributed by atoms with van der Waals surface area (Å²) in [6, 6.07) is 3.19. The van der Waals surface area contributed by atoms with Crippen molar-refractivity contribution in [3.8, 4) is 5.75 Å². The highest BCUT2D eigenvalue weighted by Gasteiger charge is 2.31. The van der Waals surface area contributed by atoms with E-state index in [-0.39, 0.29) is 15.0 Å². The van der Waals surface area contributed by atoms with Crippen LogP contribution in [-0.4, -0.2) is 34.3 Å². The summed E-state index contributed by atoms with van der Waals surface area (Å²) in [5.74, 6) is -1.85. The maximum atomic E-state index is 12.4. The number of carboxylic acid groups (broad SMARTS) is 1. The Bertz CT molecular complexity index is 726. The molecule has 0 unspecified atom stereocenters. The Balaban J connectivity index is 2.30. The number of alkyl halides is 2. The minimum absolute atomic E-state index is 0.0895. The van der Waals surface area contributed by atoms with Crippen molar-refractivity contribution in [1.29, 1.82) is 0 Å². The third-order valence-corrected chi connectivity index (χ3v) is 4.53. The van der Waals surface area contributed by atoms with Crippen molar-refractivity contribution in [2.24, 2.45) is 0 Å². The number of nitrogens with zero attached hydrogens (tertiary/aromatic N) is 1. The summed E-state index contributed by atoms with van der Waals surface area (Å²) >= 11 is 5.95. The van der Waals surface area contributed by atoms with Crippen LogP contribution in [0.15, 0.2) is 17.0 Å². The lowest BCUT2D eigenvalue weighted by atomic mass is 10.1. The molecule has 1 saturated heterocycles. The van der Waals surface area contributed by atoms with E-state index in [1.165, 1.54) is 6.08 Å². The first-order chi connectivity index (χ1) is 11.2. The summed E-state index contributed by atoms with van der Waals surface area (Å²) in [6.45, 7) is -0.303. The molecule has 0 saturated carbocycles. The fraction of sp³-hybridized carbons (Fsp3) is 0.267. The first kappa shape index (κ1) is 18.3. The quantitative estimate of drug-likeness (QED) is 0.580. The highest BCUT2D eigenvalue weighted by Crippen LogP contribution is 2.34. The summed E-state index contributed by atoms with van der Waals surface area (Å²) in [5.41, 5.74) is 1.58. The van der Waals surface area contributed by atoms with Gasteiger partial charge in [0.1, 0.15) is 10.1 Å². The van der Waals surface area contributed by atoms with Gasteiger partial charge in [0, 0.05) is 0 Å². The monoisotopic (exact) mass is 372 g/mol. The Hall–Kier alpha value is -2.00. The zero-order chi connectivity index (χ0) is 18.0. The lowest BCUT2D eigenvalue weighted by molar-refractivity contribution is -0.305. The number of amides is 1. The second-order valence-corrected chi connectivity index (χ2v) is 6.68. The Kier molecular flexibility index (Phi) is 5.55. The molecule has 0 aromatic heterocycles. The number of carbonyl (C=O) groups excluding carboxylic acids is 2. The zero-order valence-corrected chi connectivity index (χ0v) is 14.3. The van der Waals surface area contributed by atoms with Crippen molar-refractivity contribution < 1.29 is 28.2 Å². The van der Waals surface area contributed by atoms with Crippen LogP contribution in [-0.2, 0) is 9.59 Å². The van der Waals surface area contributed by atoms with Gasteiger partial charge in [-0.3, -0.25) is 9.69 Å². The normalized spacial score (nSPS) is 16.4. The van der Waals surface area contributed by atoms with E-state index in [2.05, 4.69) is 4.74 Å². The van der Waals surface area contributed by atoms with Gasteiger partial charge in [-0.15, -0.1) is 0 Å². The van der Waals surface area contributed by atoms with E-state index in [4.69, 9.17) is 12.2 Å². The maximum absolute atomic E-state index is 12.4. The number of hydrogen-bond acceptors (Lipinski definition) is 6. The average molecular weight is 372 g/mol. The molecule has 0 atom stereocenters. The van der Waals surface area contributed by atoms with Gasteiger partial charge in [0.25, 0.3) is 5.91 Å². The van der Waals surface area contributed by atoms with E-state index >= 15 is 0 Å². The van der Waals surface area contributed by atoms with Crippen LogP contribution >= 0.6 is 24.0 Å². The Morgan fingerprint density at radius 2 is 2.00 bits per heavy atom. The van der Waals surface area contributed by atoms with Gasteiger partial charge in [-0.2, -0.15) is 8.78 Å². The number of aliphatic carboxylic acids is 1. The van der Waals surface area contributed by atoms with Crippen molar-refractivity contribution in [3.05, 3.63) is 33.7 Å². The zero-order valence-electron chi connectivity index (χ0n) is 12.7. The second kappa shape index (κ2) is 7.27. The van der Waals surface area contributed by atoms with Crippen LogP contribution in [0.3, 0.4) is 0 Å². The van der Waals surface area contributed by atoms with Gasteiger partial charge >= 0.3 is 6.61 Å². The second-order valence-electron chi connectivity index (χ2n) is 5.00. The molecule has 1 fully saturated rings. The van der Waals surface area contributed by atoms with E-state index in [1.54, 1.807) is 26.0 Å². The van der Waals surface area contributed by atoms with E-state index in [0.29, 0.717) is 16.7 Å². The number of rotatable bonds is 5. The minimum atomic E-state index is -2.92. The first-order valence-corrected chi connectivity index (χ1v) is 7.92. The summed E-state index contributed by atoms with van der Waals surface area (Å²) < 4.78 is 29.4. The average Bonchev–Trinajstić information content (AvgIpc) is 2.70. The molecule has 128 valence electrons. The van der Waals surface area contributed by atoms with Crippen molar-refractivity contribution in [1.82, 2.24) is 4.90 Å². The summed E-state index contributed by atoms with van der Waals surface area (Å²) in [5, 5.41) is 10.7. The number of aryl methyl sites for hydroxylation is 2. The molecule has 1 heterocycles.